The summed E-state index contributed by atoms with van der Waals surface area (Å²) in [6.45, 7) is 5.28. The third-order valence-corrected chi connectivity index (χ3v) is 6.14. The number of nitrogens with one attached hydrogen (secondary N) is 2. The fourth-order valence-electron chi connectivity index (χ4n) is 2.42. The van der Waals surface area contributed by atoms with E-state index < -0.39 is 15.6 Å². The van der Waals surface area contributed by atoms with Crippen molar-refractivity contribution in [2.75, 3.05) is 5.32 Å². The van der Waals surface area contributed by atoms with Crippen molar-refractivity contribution < 1.29 is 13.2 Å². The van der Waals surface area contributed by atoms with Crippen LogP contribution in [-0.4, -0.2) is 19.9 Å². The standard InChI is InChI=1S/C19H22Cl2N2O3S/c1-19(2,3)23-27(25,26)15-8-5-7-14(12-15)22-17(24)11-10-13-6-4-9-16(20)18(13)21/h4-9,12,23H,10-11H2,1-3H3,(H,22,24). The molecule has 2 N–H and O–H groups in total. The number of carbonyl (C=O) groups excluding carboxylic acids is 1. The molecule has 0 bridgehead atoms. The normalized spacial score (nSPS) is 12.0. The molecule has 0 fully saturated rings. The third kappa shape index (κ3) is 6.50. The molecule has 0 heterocycles. The maximum absolute atomic E-state index is 12.4. The van der Waals surface area contributed by atoms with Crippen molar-refractivity contribution in [3.05, 3.63) is 58.1 Å². The lowest BCUT2D eigenvalue weighted by molar-refractivity contribution is -0.116. The van der Waals surface area contributed by atoms with Gasteiger partial charge in [0.15, 0.2) is 0 Å². The summed E-state index contributed by atoms with van der Waals surface area (Å²) in [6, 6.07) is 11.4. The summed E-state index contributed by atoms with van der Waals surface area (Å²) in [5.74, 6) is -0.246. The zero-order valence-corrected chi connectivity index (χ0v) is 17.7. The van der Waals surface area contributed by atoms with E-state index in [2.05, 4.69) is 10.0 Å². The number of rotatable bonds is 6. The fourth-order valence-corrected chi connectivity index (χ4v) is 4.29. The van der Waals surface area contributed by atoms with Crippen LogP contribution in [0, 0.1) is 0 Å². The third-order valence-electron chi connectivity index (χ3n) is 3.52. The number of carbonyl (C=O) groups is 1. The van der Waals surface area contributed by atoms with Gasteiger partial charge in [-0.2, -0.15) is 0 Å². The molecule has 27 heavy (non-hydrogen) atoms. The highest BCUT2D eigenvalue weighted by Gasteiger charge is 2.22. The van der Waals surface area contributed by atoms with Crippen molar-refractivity contribution in [1.29, 1.82) is 0 Å². The Bertz CT molecular complexity index is 938. The smallest absolute Gasteiger partial charge is 0.241 e. The van der Waals surface area contributed by atoms with Crippen LogP contribution >= 0.6 is 23.2 Å². The van der Waals surface area contributed by atoms with Crippen LogP contribution in [0.4, 0.5) is 5.69 Å². The van der Waals surface area contributed by atoms with E-state index in [1.165, 1.54) is 12.1 Å². The lowest BCUT2D eigenvalue weighted by Crippen LogP contribution is -2.40. The van der Waals surface area contributed by atoms with Crippen molar-refractivity contribution in [2.45, 2.75) is 44.0 Å². The van der Waals surface area contributed by atoms with E-state index in [9.17, 15) is 13.2 Å². The van der Waals surface area contributed by atoms with E-state index in [4.69, 9.17) is 23.2 Å². The van der Waals surface area contributed by atoms with E-state index >= 15 is 0 Å². The Kier molecular flexibility index (Phi) is 6.92. The topological polar surface area (TPSA) is 75.3 Å². The lowest BCUT2D eigenvalue weighted by atomic mass is 10.1. The molecule has 1 amide bonds. The molecule has 0 aliphatic carbocycles. The van der Waals surface area contributed by atoms with Gasteiger partial charge in [-0.25, -0.2) is 13.1 Å². The number of anilines is 1. The van der Waals surface area contributed by atoms with Crippen molar-refractivity contribution in [1.82, 2.24) is 4.72 Å². The minimum Gasteiger partial charge on any atom is -0.326 e. The van der Waals surface area contributed by atoms with Gasteiger partial charge in [0.1, 0.15) is 0 Å². The van der Waals surface area contributed by atoms with E-state index in [1.54, 1.807) is 45.0 Å². The summed E-state index contributed by atoms with van der Waals surface area (Å²) < 4.78 is 27.4. The van der Waals surface area contributed by atoms with Gasteiger partial charge in [-0.1, -0.05) is 41.4 Å². The monoisotopic (exact) mass is 428 g/mol. The van der Waals surface area contributed by atoms with E-state index in [0.29, 0.717) is 22.2 Å². The molecular weight excluding hydrogens is 407 g/mol. The highest BCUT2D eigenvalue weighted by atomic mass is 35.5. The second-order valence-corrected chi connectivity index (χ2v) is 9.61. The van der Waals surface area contributed by atoms with Crippen LogP contribution in [0.3, 0.4) is 0 Å². The van der Waals surface area contributed by atoms with E-state index in [1.807, 2.05) is 6.07 Å². The summed E-state index contributed by atoms with van der Waals surface area (Å²) in [6.07, 6.45) is 0.617. The summed E-state index contributed by atoms with van der Waals surface area (Å²) in [7, 11) is -3.68. The molecule has 0 saturated heterocycles. The molecule has 0 spiro atoms. The molecular formula is C19H22Cl2N2O3S. The van der Waals surface area contributed by atoms with Crippen LogP contribution in [0.5, 0.6) is 0 Å². The van der Waals surface area contributed by atoms with Gasteiger partial charge >= 0.3 is 0 Å². The average Bonchev–Trinajstić information content (AvgIpc) is 2.54. The molecule has 8 heteroatoms. The highest BCUT2D eigenvalue weighted by Crippen LogP contribution is 2.26. The highest BCUT2D eigenvalue weighted by molar-refractivity contribution is 7.89. The summed E-state index contributed by atoms with van der Waals surface area (Å²) in [4.78, 5) is 12.3. The molecule has 0 aliphatic rings. The Labute approximate surface area is 170 Å². The molecule has 0 aliphatic heterocycles. The van der Waals surface area contributed by atoms with Crippen LogP contribution in [0.1, 0.15) is 32.8 Å². The summed E-state index contributed by atoms with van der Waals surface area (Å²) >= 11 is 12.1. The molecule has 2 rings (SSSR count). The first kappa shape index (κ1) is 21.7. The number of benzene rings is 2. The molecule has 0 saturated carbocycles. The number of hydrogen-bond acceptors (Lipinski definition) is 3. The predicted octanol–water partition coefficient (Wildman–Crippen LogP) is 4.64. The van der Waals surface area contributed by atoms with Gasteiger partial charge < -0.3 is 5.32 Å². The number of hydrogen-bond donors (Lipinski definition) is 2. The minimum absolute atomic E-state index is 0.0908. The van der Waals surface area contributed by atoms with Crippen molar-refractivity contribution >= 4 is 44.8 Å². The van der Waals surface area contributed by atoms with Gasteiger partial charge in [0.25, 0.3) is 0 Å². The van der Waals surface area contributed by atoms with Gasteiger partial charge in [-0.15, -0.1) is 0 Å². The predicted molar refractivity (Wildman–Crippen MR) is 110 cm³/mol. The average molecular weight is 429 g/mol. The summed E-state index contributed by atoms with van der Waals surface area (Å²) in [5, 5.41) is 3.60. The lowest BCUT2D eigenvalue weighted by Gasteiger charge is -2.20. The Hall–Kier alpha value is -1.60. The largest absolute Gasteiger partial charge is 0.326 e. The van der Waals surface area contributed by atoms with E-state index in [-0.39, 0.29) is 17.2 Å². The molecule has 0 unspecified atom stereocenters. The maximum Gasteiger partial charge on any atom is 0.241 e. The number of halogens is 2. The molecule has 0 atom stereocenters. The van der Waals surface area contributed by atoms with Crippen LogP contribution in [0.2, 0.25) is 10.0 Å². The van der Waals surface area contributed by atoms with Crippen molar-refractivity contribution in [3.8, 4) is 0 Å². The Morgan fingerprint density at radius 2 is 1.74 bits per heavy atom. The first-order valence-electron chi connectivity index (χ1n) is 8.35. The van der Waals surface area contributed by atoms with Gasteiger partial charge in [-0.3, -0.25) is 4.79 Å². The number of amides is 1. The zero-order valence-electron chi connectivity index (χ0n) is 15.3. The first-order valence-corrected chi connectivity index (χ1v) is 10.6. The van der Waals surface area contributed by atoms with E-state index in [0.717, 1.165) is 5.56 Å². The SMILES string of the molecule is CC(C)(C)NS(=O)(=O)c1cccc(NC(=O)CCc2cccc(Cl)c2Cl)c1. The van der Waals surface area contributed by atoms with Gasteiger partial charge in [0, 0.05) is 17.6 Å². The quantitative estimate of drug-likeness (QED) is 0.703. The molecule has 0 aromatic heterocycles. The van der Waals surface area contributed by atoms with Crippen LogP contribution < -0.4 is 10.0 Å². The van der Waals surface area contributed by atoms with Crippen molar-refractivity contribution in [3.63, 3.8) is 0 Å². The Balaban J connectivity index is 2.05. The zero-order chi connectivity index (χ0) is 20.2. The fraction of sp³-hybridized carbons (Fsp3) is 0.316. The first-order chi connectivity index (χ1) is 12.5. The Morgan fingerprint density at radius 1 is 1.07 bits per heavy atom. The Morgan fingerprint density at radius 3 is 2.41 bits per heavy atom. The van der Waals surface area contributed by atoms with Gasteiger partial charge in [0.2, 0.25) is 15.9 Å². The van der Waals surface area contributed by atoms with Crippen LogP contribution in [-0.2, 0) is 21.2 Å². The van der Waals surface area contributed by atoms with Crippen LogP contribution in [0.15, 0.2) is 47.4 Å². The molecule has 146 valence electrons. The second kappa shape index (κ2) is 8.61. The molecule has 2 aromatic rings. The van der Waals surface area contributed by atoms with Gasteiger partial charge in [-0.05, 0) is 57.0 Å². The molecule has 0 radical (unpaired) electrons. The number of aryl methyl sites for hydroxylation is 1. The molecule has 5 nitrogen and oxygen atoms in total. The van der Waals surface area contributed by atoms with Crippen molar-refractivity contribution in [2.24, 2.45) is 0 Å². The summed E-state index contributed by atoms with van der Waals surface area (Å²) in [5.41, 5.74) is 0.591. The molecule has 2 aromatic carbocycles. The minimum atomic E-state index is -3.68. The maximum atomic E-state index is 12.4. The second-order valence-electron chi connectivity index (χ2n) is 7.14. The van der Waals surface area contributed by atoms with Crippen LogP contribution in [0.25, 0.3) is 0 Å². The van der Waals surface area contributed by atoms with Gasteiger partial charge in [0.05, 0.1) is 14.9 Å². The number of sulfonamides is 1.